The van der Waals surface area contributed by atoms with Crippen molar-refractivity contribution in [2.45, 2.75) is 39.8 Å². The Kier molecular flexibility index (Phi) is 5.62. The number of ether oxygens (including phenoxy) is 2. The number of ketones is 1. The third-order valence-corrected chi connectivity index (χ3v) is 7.05. The highest BCUT2D eigenvalue weighted by molar-refractivity contribution is 6.15. The highest BCUT2D eigenvalue weighted by atomic mass is 16.5. The van der Waals surface area contributed by atoms with Crippen molar-refractivity contribution in [3.63, 3.8) is 0 Å². The molecular formula is C27H30N2O4. The summed E-state index contributed by atoms with van der Waals surface area (Å²) in [5, 5.41) is 13.7. The van der Waals surface area contributed by atoms with E-state index < -0.39 is 0 Å². The smallest absolute Gasteiger partial charge is 0.231 e. The number of fused-ring (bicyclic) bond motifs is 2. The molecule has 0 amide bonds. The maximum Gasteiger partial charge on any atom is 0.231 e. The van der Waals surface area contributed by atoms with E-state index in [1.807, 2.05) is 24.4 Å². The first-order chi connectivity index (χ1) is 16.0. The van der Waals surface area contributed by atoms with Gasteiger partial charge < -0.3 is 24.0 Å². The molecule has 2 aliphatic heterocycles. The molecule has 1 saturated heterocycles. The molecule has 3 aromatic rings. The number of piperidine rings is 1. The van der Waals surface area contributed by atoms with Gasteiger partial charge in [-0.15, -0.1) is 0 Å². The number of aromatic nitrogens is 1. The Morgan fingerprint density at radius 1 is 1.24 bits per heavy atom. The summed E-state index contributed by atoms with van der Waals surface area (Å²) in [5.74, 6) is 1.97. The minimum atomic E-state index is -0.172. The number of hydrogen-bond acceptors (Lipinski definition) is 4. The first-order valence-corrected chi connectivity index (χ1v) is 11.8. The number of aryl methyl sites for hydroxylation is 1. The molecule has 33 heavy (non-hydrogen) atoms. The Morgan fingerprint density at radius 2 is 2.03 bits per heavy atom. The molecule has 6 nitrogen and oxygen atoms in total. The minimum absolute atomic E-state index is 0.0544. The van der Waals surface area contributed by atoms with Crippen molar-refractivity contribution in [2.24, 2.45) is 5.92 Å². The number of quaternary nitrogens is 1. The lowest BCUT2D eigenvalue weighted by atomic mass is 9.98. The maximum absolute atomic E-state index is 13.2. The molecule has 3 heterocycles. The summed E-state index contributed by atoms with van der Waals surface area (Å²) < 4.78 is 13.6. The first-order valence-electron chi connectivity index (χ1n) is 11.8. The molecule has 0 spiro atoms. The number of likely N-dealkylation sites (tertiary alicyclic amines) is 1. The lowest BCUT2D eigenvalue weighted by Gasteiger charge is -2.29. The zero-order valence-electron chi connectivity index (χ0n) is 19.4. The van der Waals surface area contributed by atoms with Gasteiger partial charge in [0, 0.05) is 34.8 Å². The lowest BCUT2D eigenvalue weighted by molar-refractivity contribution is -0.919. The van der Waals surface area contributed by atoms with Crippen molar-refractivity contribution < 1.29 is 24.3 Å². The number of methoxy groups -OCH3 is 1. The Balaban J connectivity index is 1.50. The molecule has 172 valence electrons. The Morgan fingerprint density at radius 3 is 2.76 bits per heavy atom. The van der Waals surface area contributed by atoms with Crippen molar-refractivity contribution in [1.82, 2.24) is 4.57 Å². The molecule has 0 atom stereocenters. The van der Waals surface area contributed by atoms with Crippen LogP contribution in [-0.4, -0.2) is 30.5 Å². The quantitative estimate of drug-likeness (QED) is 0.612. The van der Waals surface area contributed by atoms with Gasteiger partial charge in [-0.3, -0.25) is 4.79 Å². The summed E-state index contributed by atoms with van der Waals surface area (Å²) in [6, 6.07) is 9.05. The van der Waals surface area contributed by atoms with E-state index in [1.54, 1.807) is 19.3 Å². The van der Waals surface area contributed by atoms with Crippen LogP contribution in [0.15, 0.2) is 42.3 Å². The van der Waals surface area contributed by atoms with Gasteiger partial charge in [-0.25, -0.2) is 0 Å². The first kappa shape index (κ1) is 21.6. The summed E-state index contributed by atoms with van der Waals surface area (Å²) in [6.07, 6.45) is 6.14. The molecule has 6 heteroatoms. The molecular weight excluding hydrogens is 416 g/mol. The number of nitrogens with one attached hydrogen (secondary N) is 1. The molecule has 0 saturated carbocycles. The molecule has 1 fully saturated rings. The van der Waals surface area contributed by atoms with Crippen LogP contribution in [-0.2, 0) is 13.1 Å². The van der Waals surface area contributed by atoms with E-state index in [9.17, 15) is 9.90 Å². The second kappa shape index (κ2) is 8.60. The van der Waals surface area contributed by atoms with Gasteiger partial charge in [-0.05, 0) is 56.0 Å². The molecule has 0 bridgehead atoms. The van der Waals surface area contributed by atoms with E-state index in [0.717, 1.165) is 60.6 Å². The third kappa shape index (κ3) is 3.89. The second-order valence-corrected chi connectivity index (χ2v) is 9.22. The van der Waals surface area contributed by atoms with Gasteiger partial charge >= 0.3 is 0 Å². The standard InChI is InChI=1S/C27H30N2O4/c1-4-29-15-18(21-14-19(32-3)5-7-23(21)29)13-25-26(31)20-6-8-24(30)22(27(20)33-25)16-28-11-9-17(2)10-12-28/h5-8,13-15,17,30H,4,9-12,16H2,1-3H3/b25-13+. The molecule has 1 N–H and O–H groups in total. The molecule has 2 aromatic carbocycles. The highest BCUT2D eigenvalue weighted by Crippen LogP contribution is 2.39. The SMILES string of the molecule is CCn1cc(/C=C2/Oc3c(ccc([O-])c3C[NH+]3CCC(C)CC3)C2=O)c2cc(OC)ccc21. The third-order valence-electron chi connectivity index (χ3n) is 7.05. The number of carbonyl (C=O) groups excluding carboxylic acids is 1. The van der Waals surface area contributed by atoms with Crippen LogP contribution in [0.2, 0.25) is 0 Å². The summed E-state index contributed by atoms with van der Waals surface area (Å²) in [7, 11) is 1.64. The van der Waals surface area contributed by atoms with Gasteiger partial charge in [-0.2, -0.15) is 0 Å². The summed E-state index contributed by atoms with van der Waals surface area (Å²) in [6.45, 7) is 7.85. The number of nitrogens with zero attached hydrogens (tertiary/aromatic N) is 1. The van der Waals surface area contributed by atoms with Gasteiger partial charge in [0.1, 0.15) is 18.0 Å². The largest absolute Gasteiger partial charge is 0.872 e. The van der Waals surface area contributed by atoms with Gasteiger partial charge in [0.15, 0.2) is 5.76 Å². The Hall–Kier alpha value is -3.25. The van der Waals surface area contributed by atoms with Crippen molar-refractivity contribution in [3.05, 3.63) is 59.0 Å². The van der Waals surface area contributed by atoms with Crippen LogP contribution in [0, 0.1) is 5.92 Å². The normalized spacial score (nSPS) is 21.4. The fourth-order valence-electron chi connectivity index (χ4n) is 5.00. The predicted octanol–water partition coefficient (Wildman–Crippen LogP) is 3.17. The van der Waals surface area contributed by atoms with Gasteiger partial charge in [0.05, 0.1) is 25.8 Å². The second-order valence-electron chi connectivity index (χ2n) is 9.22. The molecule has 0 aliphatic carbocycles. The van der Waals surface area contributed by atoms with E-state index in [2.05, 4.69) is 18.4 Å². The molecule has 1 aromatic heterocycles. The monoisotopic (exact) mass is 446 g/mol. The van der Waals surface area contributed by atoms with Crippen LogP contribution in [0.1, 0.15) is 48.2 Å². The average molecular weight is 447 g/mol. The predicted molar refractivity (Wildman–Crippen MR) is 126 cm³/mol. The van der Waals surface area contributed by atoms with E-state index in [0.29, 0.717) is 23.4 Å². The number of hydrogen-bond donors (Lipinski definition) is 1. The topological polar surface area (TPSA) is 68.0 Å². The number of allylic oxidation sites excluding steroid dienone is 1. The molecule has 0 radical (unpaired) electrons. The summed E-state index contributed by atoms with van der Waals surface area (Å²) in [5.41, 5.74) is 3.06. The molecule has 5 rings (SSSR count). The maximum atomic E-state index is 13.2. The average Bonchev–Trinajstić information content (AvgIpc) is 3.34. The number of benzene rings is 2. The highest BCUT2D eigenvalue weighted by Gasteiger charge is 2.32. The van der Waals surface area contributed by atoms with Crippen molar-refractivity contribution in [1.29, 1.82) is 0 Å². The van der Waals surface area contributed by atoms with Crippen molar-refractivity contribution in [3.8, 4) is 17.2 Å². The van der Waals surface area contributed by atoms with E-state index in [-0.39, 0.29) is 17.3 Å². The number of rotatable bonds is 5. The van der Waals surface area contributed by atoms with Crippen molar-refractivity contribution >= 4 is 22.8 Å². The van der Waals surface area contributed by atoms with Gasteiger partial charge in [0.2, 0.25) is 5.78 Å². The number of carbonyl (C=O) groups is 1. The fraction of sp³-hybridized carbons (Fsp3) is 0.370. The van der Waals surface area contributed by atoms with Crippen LogP contribution in [0.4, 0.5) is 0 Å². The zero-order chi connectivity index (χ0) is 23.1. The van der Waals surface area contributed by atoms with E-state index in [1.165, 1.54) is 11.0 Å². The lowest BCUT2D eigenvalue weighted by Crippen LogP contribution is -3.11. The fourth-order valence-corrected chi connectivity index (χ4v) is 5.00. The van der Waals surface area contributed by atoms with Crippen LogP contribution in [0.3, 0.4) is 0 Å². The number of Topliss-reactive ketones (excluding diaryl/α,β-unsaturated/α-hetero) is 1. The van der Waals surface area contributed by atoms with Crippen molar-refractivity contribution in [2.75, 3.05) is 20.2 Å². The van der Waals surface area contributed by atoms with Gasteiger partial charge in [0.25, 0.3) is 0 Å². The van der Waals surface area contributed by atoms with Crippen LogP contribution in [0.25, 0.3) is 17.0 Å². The molecule has 0 unspecified atom stereocenters. The minimum Gasteiger partial charge on any atom is -0.872 e. The Labute approximate surface area is 194 Å². The van der Waals surface area contributed by atoms with E-state index >= 15 is 0 Å². The zero-order valence-corrected chi connectivity index (χ0v) is 19.4. The van der Waals surface area contributed by atoms with Crippen LogP contribution in [0.5, 0.6) is 17.2 Å². The molecule has 2 aliphatic rings. The Bertz CT molecular complexity index is 1250. The van der Waals surface area contributed by atoms with Crippen LogP contribution >= 0.6 is 0 Å². The van der Waals surface area contributed by atoms with E-state index in [4.69, 9.17) is 9.47 Å². The summed E-state index contributed by atoms with van der Waals surface area (Å²) >= 11 is 0. The summed E-state index contributed by atoms with van der Waals surface area (Å²) in [4.78, 5) is 14.6. The van der Waals surface area contributed by atoms with Crippen LogP contribution < -0.4 is 19.5 Å². The van der Waals surface area contributed by atoms with Gasteiger partial charge in [-0.1, -0.05) is 18.7 Å².